The van der Waals surface area contributed by atoms with Crippen molar-refractivity contribution in [1.82, 2.24) is 0 Å². The van der Waals surface area contributed by atoms with E-state index in [1.54, 1.807) is 13.2 Å². The van der Waals surface area contributed by atoms with E-state index >= 15 is 0 Å². The number of hydrogen-bond donors (Lipinski definition) is 1. The maximum atomic E-state index is 12.3. The van der Waals surface area contributed by atoms with E-state index in [1.807, 2.05) is 60.0 Å². The second-order valence-corrected chi connectivity index (χ2v) is 6.69. The van der Waals surface area contributed by atoms with E-state index in [-0.39, 0.29) is 5.91 Å². The molecule has 0 spiro atoms. The van der Waals surface area contributed by atoms with Crippen molar-refractivity contribution in [2.75, 3.05) is 19.5 Å². The molecule has 3 rings (SSSR count). The number of anilines is 1. The molecule has 0 atom stereocenters. The maximum Gasteiger partial charge on any atom is 0.341 e. The highest BCUT2D eigenvalue weighted by Crippen LogP contribution is 2.36. The Hall–Kier alpha value is -3.38. The average Bonchev–Trinajstić information content (AvgIpc) is 3.16. The van der Waals surface area contributed by atoms with Crippen LogP contribution in [0.4, 0.5) is 5.00 Å². The fraction of sp³-hybridized carbons (Fsp3) is 0.0909. The third-order valence-corrected chi connectivity index (χ3v) is 4.94. The van der Waals surface area contributed by atoms with Gasteiger partial charge in [-0.3, -0.25) is 4.79 Å². The minimum absolute atomic E-state index is 0.331. The Balaban J connectivity index is 1.81. The monoisotopic (exact) mass is 393 g/mol. The molecule has 1 amide bonds. The van der Waals surface area contributed by atoms with Gasteiger partial charge in [0.25, 0.3) is 0 Å². The Morgan fingerprint density at radius 3 is 2.36 bits per heavy atom. The van der Waals surface area contributed by atoms with Crippen LogP contribution >= 0.6 is 11.3 Å². The Labute approximate surface area is 167 Å². The molecule has 3 aromatic rings. The number of ether oxygens (including phenoxy) is 2. The Kier molecular flexibility index (Phi) is 6.24. The highest BCUT2D eigenvalue weighted by Gasteiger charge is 2.21. The van der Waals surface area contributed by atoms with Crippen LogP contribution < -0.4 is 10.1 Å². The minimum atomic E-state index is -0.491. The number of rotatable bonds is 6. The molecular formula is C22H19NO4S. The van der Waals surface area contributed by atoms with Crippen molar-refractivity contribution in [3.63, 3.8) is 0 Å². The summed E-state index contributed by atoms with van der Waals surface area (Å²) in [6.07, 6.45) is 3.11. The number of amides is 1. The van der Waals surface area contributed by atoms with Gasteiger partial charge in [-0.15, -0.1) is 11.3 Å². The number of thiophene rings is 1. The van der Waals surface area contributed by atoms with Crippen LogP contribution in [0.15, 0.2) is 66.1 Å². The SMILES string of the molecule is COC(=O)c1c(-c2ccccc2)csc1NC(=O)C=Cc1ccc(OC)cc1. The number of benzene rings is 2. The quantitative estimate of drug-likeness (QED) is 0.480. The summed E-state index contributed by atoms with van der Waals surface area (Å²) in [7, 11) is 2.92. The number of hydrogen-bond acceptors (Lipinski definition) is 5. The van der Waals surface area contributed by atoms with Gasteiger partial charge < -0.3 is 14.8 Å². The van der Waals surface area contributed by atoms with Gasteiger partial charge in [-0.2, -0.15) is 0 Å². The standard InChI is InChI=1S/C22H19NO4S/c1-26-17-11-8-15(9-12-17)10-13-19(24)23-21-20(22(25)27-2)18(14-28-21)16-6-4-3-5-7-16/h3-14H,1-2H3,(H,23,24). The minimum Gasteiger partial charge on any atom is -0.497 e. The van der Waals surface area contributed by atoms with E-state index < -0.39 is 5.97 Å². The van der Waals surface area contributed by atoms with Crippen molar-refractivity contribution in [2.45, 2.75) is 0 Å². The number of methoxy groups -OCH3 is 2. The first kappa shape index (κ1) is 19.4. The first-order valence-electron chi connectivity index (χ1n) is 8.50. The molecule has 0 radical (unpaired) electrons. The van der Waals surface area contributed by atoms with Crippen molar-refractivity contribution in [2.24, 2.45) is 0 Å². The van der Waals surface area contributed by atoms with E-state index in [4.69, 9.17) is 9.47 Å². The molecule has 0 unspecified atom stereocenters. The van der Waals surface area contributed by atoms with Gasteiger partial charge in [-0.25, -0.2) is 4.79 Å². The lowest BCUT2D eigenvalue weighted by Gasteiger charge is -2.06. The largest absolute Gasteiger partial charge is 0.497 e. The summed E-state index contributed by atoms with van der Waals surface area (Å²) in [5.74, 6) is -0.0756. The number of esters is 1. The molecule has 28 heavy (non-hydrogen) atoms. The second kappa shape index (κ2) is 9.01. The van der Waals surface area contributed by atoms with Gasteiger partial charge >= 0.3 is 5.97 Å². The van der Waals surface area contributed by atoms with E-state index in [0.29, 0.717) is 10.6 Å². The van der Waals surface area contributed by atoms with E-state index in [9.17, 15) is 9.59 Å². The summed E-state index contributed by atoms with van der Waals surface area (Å²) >= 11 is 1.29. The summed E-state index contributed by atoms with van der Waals surface area (Å²) in [5, 5.41) is 5.07. The van der Waals surface area contributed by atoms with Gasteiger partial charge in [0.1, 0.15) is 16.3 Å². The van der Waals surface area contributed by atoms with Gasteiger partial charge in [0.15, 0.2) is 0 Å². The fourth-order valence-electron chi connectivity index (χ4n) is 2.63. The molecule has 1 aromatic heterocycles. The Bertz CT molecular complexity index is 991. The van der Waals surface area contributed by atoms with Crippen molar-refractivity contribution < 1.29 is 19.1 Å². The molecule has 6 heteroatoms. The zero-order valence-electron chi connectivity index (χ0n) is 15.5. The van der Waals surface area contributed by atoms with E-state index in [2.05, 4.69) is 5.32 Å². The number of carbonyl (C=O) groups is 2. The molecule has 0 fully saturated rings. The lowest BCUT2D eigenvalue weighted by Crippen LogP contribution is -2.11. The zero-order chi connectivity index (χ0) is 19.9. The summed E-state index contributed by atoms with van der Waals surface area (Å²) in [4.78, 5) is 24.7. The van der Waals surface area contributed by atoms with Crippen molar-refractivity contribution >= 4 is 34.3 Å². The number of nitrogens with one attached hydrogen (secondary N) is 1. The van der Waals surface area contributed by atoms with Crippen molar-refractivity contribution in [3.05, 3.63) is 77.2 Å². The molecule has 0 saturated heterocycles. The van der Waals surface area contributed by atoms with Gasteiger partial charge in [-0.05, 0) is 29.3 Å². The smallest absolute Gasteiger partial charge is 0.341 e. The molecule has 5 nitrogen and oxygen atoms in total. The Morgan fingerprint density at radius 2 is 1.71 bits per heavy atom. The average molecular weight is 393 g/mol. The van der Waals surface area contributed by atoms with Gasteiger partial charge in [0.05, 0.1) is 14.2 Å². The first-order valence-corrected chi connectivity index (χ1v) is 9.38. The normalized spacial score (nSPS) is 10.6. The summed E-state index contributed by atoms with van der Waals surface area (Å²) in [6.45, 7) is 0. The third-order valence-electron chi connectivity index (χ3n) is 4.05. The van der Waals surface area contributed by atoms with Crippen molar-refractivity contribution in [1.29, 1.82) is 0 Å². The molecule has 142 valence electrons. The Morgan fingerprint density at radius 1 is 1.00 bits per heavy atom. The van der Waals surface area contributed by atoms with E-state index in [0.717, 1.165) is 22.4 Å². The molecule has 1 N–H and O–H groups in total. The van der Waals surface area contributed by atoms with Crippen LogP contribution in [0, 0.1) is 0 Å². The van der Waals surface area contributed by atoms with Crippen LogP contribution in [0.1, 0.15) is 15.9 Å². The highest BCUT2D eigenvalue weighted by atomic mass is 32.1. The van der Waals surface area contributed by atoms with Crippen LogP contribution in [0.25, 0.3) is 17.2 Å². The van der Waals surface area contributed by atoms with Crippen LogP contribution in [-0.4, -0.2) is 26.1 Å². The molecule has 1 heterocycles. The van der Waals surface area contributed by atoms with E-state index in [1.165, 1.54) is 24.5 Å². The third kappa shape index (κ3) is 4.47. The maximum absolute atomic E-state index is 12.3. The topological polar surface area (TPSA) is 64.6 Å². The lowest BCUT2D eigenvalue weighted by molar-refractivity contribution is -0.111. The predicted molar refractivity (Wildman–Crippen MR) is 112 cm³/mol. The fourth-order valence-corrected chi connectivity index (χ4v) is 3.59. The summed E-state index contributed by atoms with van der Waals surface area (Å²) < 4.78 is 10.0. The van der Waals surface area contributed by atoms with Gasteiger partial charge in [-0.1, -0.05) is 42.5 Å². The van der Waals surface area contributed by atoms with Crippen LogP contribution in [0.5, 0.6) is 5.75 Å². The lowest BCUT2D eigenvalue weighted by atomic mass is 10.0. The van der Waals surface area contributed by atoms with Gasteiger partial charge in [0, 0.05) is 17.0 Å². The van der Waals surface area contributed by atoms with Crippen LogP contribution in [0.2, 0.25) is 0 Å². The second-order valence-electron chi connectivity index (χ2n) is 5.81. The molecule has 0 aliphatic carbocycles. The van der Waals surface area contributed by atoms with Crippen LogP contribution in [0.3, 0.4) is 0 Å². The van der Waals surface area contributed by atoms with Crippen LogP contribution in [-0.2, 0) is 9.53 Å². The zero-order valence-corrected chi connectivity index (χ0v) is 16.3. The molecular weight excluding hydrogens is 374 g/mol. The first-order chi connectivity index (χ1) is 13.6. The molecule has 0 aliphatic heterocycles. The summed E-state index contributed by atoms with van der Waals surface area (Å²) in [5.41, 5.74) is 2.82. The molecule has 0 bridgehead atoms. The molecule has 0 saturated carbocycles. The number of carbonyl (C=O) groups excluding carboxylic acids is 2. The predicted octanol–water partition coefficient (Wildman–Crippen LogP) is 4.86. The molecule has 2 aromatic carbocycles. The van der Waals surface area contributed by atoms with Crippen molar-refractivity contribution in [3.8, 4) is 16.9 Å². The highest BCUT2D eigenvalue weighted by molar-refractivity contribution is 7.15. The summed E-state index contributed by atoms with van der Waals surface area (Å²) in [6, 6.07) is 16.8. The molecule has 0 aliphatic rings. The van der Waals surface area contributed by atoms with Gasteiger partial charge in [0.2, 0.25) is 5.91 Å².